The number of ketones is 3. The lowest BCUT2D eigenvalue weighted by atomic mass is 9.39. The van der Waals surface area contributed by atoms with Crippen molar-refractivity contribution < 1.29 is 47.9 Å². The quantitative estimate of drug-likeness (QED) is 0.332. The van der Waals surface area contributed by atoms with Gasteiger partial charge in [-0.1, -0.05) is 25.5 Å². The average molecular weight is 500 g/mol. The minimum Gasteiger partial charge on any atom is -0.390 e. The van der Waals surface area contributed by atoms with Crippen LogP contribution in [0.4, 0.5) is 4.39 Å². The monoisotopic (exact) mass is 500 g/mol. The topological polar surface area (TPSA) is 158 Å². The van der Waals surface area contributed by atoms with Gasteiger partial charge in [0.25, 0.3) is 0 Å². The first kappa shape index (κ1) is 25.5. The number of Topliss-reactive ketones (excluding diaryl/α,β-unsaturated/α-hetero) is 2. The van der Waals surface area contributed by atoms with Crippen LogP contribution in [0.15, 0.2) is 23.8 Å². The molecule has 0 aliphatic heterocycles. The Kier molecular flexibility index (Phi) is 5.80. The van der Waals surface area contributed by atoms with Gasteiger partial charge in [-0.05, 0) is 50.7 Å². The van der Waals surface area contributed by atoms with E-state index in [1.54, 1.807) is 6.92 Å². The highest BCUT2D eigenvalue weighted by Crippen LogP contribution is 2.68. The summed E-state index contributed by atoms with van der Waals surface area (Å²) in [5, 5.41) is 22.9. The van der Waals surface area contributed by atoms with Gasteiger partial charge in [-0.25, -0.2) is 8.96 Å². The highest BCUT2D eigenvalue weighted by Gasteiger charge is 2.75. The van der Waals surface area contributed by atoms with Crippen molar-refractivity contribution in [3.63, 3.8) is 0 Å². The van der Waals surface area contributed by atoms with E-state index in [4.69, 9.17) is 9.79 Å². The van der Waals surface area contributed by atoms with Gasteiger partial charge >= 0.3 is 7.82 Å². The molecule has 3 fully saturated rings. The smallest absolute Gasteiger partial charge is 0.390 e. The molecule has 0 aromatic rings. The molecule has 4 rings (SSSR count). The molecule has 0 bridgehead atoms. The molecule has 0 saturated heterocycles. The first-order valence-corrected chi connectivity index (χ1v) is 12.9. The number of phosphoric acid groups is 1. The zero-order chi connectivity index (χ0) is 25.5. The molecule has 0 radical (unpaired) electrons. The third-order valence-electron chi connectivity index (χ3n) is 9.04. The Morgan fingerprint density at radius 2 is 1.91 bits per heavy atom. The largest absolute Gasteiger partial charge is 0.470 e. The predicted octanol–water partition coefficient (Wildman–Crippen LogP) is 1.58. The van der Waals surface area contributed by atoms with E-state index >= 15 is 4.39 Å². The van der Waals surface area contributed by atoms with Gasteiger partial charge in [0, 0.05) is 22.7 Å². The van der Waals surface area contributed by atoms with Gasteiger partial charge in [0.2, 0.25) is 0 Å². The van der Waals surface area contributed by atoms with E-state index in [-0.39, 0.29) is 18.6 Å². The third kappa shape index (κ3) is 3.23. The normalized spacial score (nSPS) is 46.3. The standard InChI is InChI=1S/C23H30FO9P/c1-12-8-16-15-5-4-13-9-14(25)6-7-20(13,2)22(15,24)17(26)10-21(16,3)23(29,19(12)28)18(27)11-33-34(30,31)32/h6-7,9,12,15-17,26,29H,4-5,8,10-11H2,1-3H3,(H2,30,31,32)/t12-,15-,16-,17-,20-,21-,22-,23+/m0/s1. The molecule has 9 nitrogen and oxygen atoms in total. The van der Waals surface area contributed by atoms with Crippen molar-refractivity contribution in [3.8, 4) is 0 Å². The Morgan fingerprint density at radius 3 is 2.53 bits per heavy atom. The zero-order valence-corrected chi connectivity index (χ0v) is 20.1. The van der Waals surface area contributed by atoms with Gasteiger partial charge in [0.15, 0.2) is 28.6 Å². The number of hydrogen-bond acceptors (Lipinski definition) is 7. The highest BCUT2D eigenvalue weighted by molar-refractivity contribution is 7.46. The van der Waals surface area contributed by atoms with Crippen molar-refractivity contribution in [2.45, 2.75) is 63.8 Å². The van der Waals surface area contributed by atoms with Crippen molar-refractivity contribution in [2.75, 3.05) is 6.61 Å². The van der Waals surface area contributed by atoms with Gasteiger partial charge in [-0.15, -0.1) is 0 Å². The molecular weight excluding hydrogens is 470 g/mol. The summed E-state index contributed by atoms with van der Waals surface area (Å²) in [5.41, 5.74) is -7.24. The second-order valence-corrected chi connectivity index (χ2v) is 11.9. The summed E-state index contributed by atoms with van der Waals surface area (Å²) in [6.45, 7) is 3.39. The third-order valence-corrected chi connectivity index (χ3v) is 9.50. The van der Waals surface area contributed by atoms with Crippen LogP contribution in [0.3, 0.4) is 0 Å². The Morgan fingerprint density at radius 1 is 1.26 bits per heavy atom. The highest BCUT2D eigenvalue weighted by atomic mass is 31.2. The number of aliphatic hydroxyl groups is 2. The van der Waals surface area contributed by atoms with Crippen molar-refractivity contribution in [3.05, 3.63) is 23.8 Å². The molecule has 3 saturated carbocycles. The lowest BCUT2D eigenvalue weighted by molar-refractivity contribution is -0.245. The molecule has 8 atom stereocenters. The van der Waals surface area contributed by atoms with Crippen LogP contribution < -0.4 is 0 Å². The maximum atomic E-state index is 17.1. The lowest BCUT2D eigenvalue weighted by Crippen LogP contribution is -2.75. The maximum absolute atomic E-state index is 17.1. The van der Waals surface area contributed by atoms with Crippen LogP contribution in [0.25, 0.3) is 0 Å². The van der Waals surface area contributed by atoms with Crippen molar-refractivity contribution in [1.29, 1.82) is 0 Å². The SMILES string of the molecule is C[C@H]1C[C@H]2[C@@H]3CCC4=CC(=O)C=C[C@]4(C)[C@@]3(F)[C@@H](O)C[C@]2(C)[C@@](O)(C(=O)COP(=O)(O)O)C1=O. The predicted molar refractivity (Wildman–Crippen MR) is 116 cm³/mol. The molecule has 4 aliphatic rings. The first-order chi connectivity index (χ1) is 15.5. The molecule has 0 heterocycles. The number of allylic oxidation sites excluding steroid dienone is 4. The second kappa shape index (κ2) is 7.72. The molecule has 0 amide bonds. The minimum atomic E-state index is -5.07. The first-order valence-electron chi connectivity index (χ1n) is 11.3. The van der Waals surface area contributed by atoms with Crippen LogP contribution in [0.1, 0.15) is 46.5 Å². The molecule has 0 unspecified atom stereocenters. The molecule has 34 heavy (non-hydrogen) atoms. The van der Waals surface area contributed by atoms with Crippen LogP contribution in [0, 0.1) is 28.6 Å². The fraction of sp³-hybridized carbons (Fsp3) is 0.696. The van der Waals surface area contributed by atoms with Gasteiger partial charge < -0.3 is 20.0 Å². The van der Waals surface area contributed by atoms with E-state index < -0.39 is 78.4 Å². The maximum Gasteiger partial charge on any atom is 0.470 e. The van der Waals surface area contributed by atoms with Crippen LogP contribution in [0.2, 0.25) is 0 Å². The van der Waals surface area contributed by atoms with E-state index in [0.29, 0.717) is 12.0 Å². The molecule has 188 valence electrons. The molecule has 0 aromatic carbocycles. The summed E-state index contributed by atoms with van der Waals surface area (Å²) < 4.78 is 32.6. The van der Waals surface area contributed by atoms with E-state index in [1.807, 2.05) is 0 Å². The van der Waals surface area contributed by atoms with Gasteiger partial charge in [0.1, 0.15) is 6.61 Å². The molecule has 11 heteroatoms. The molecule has 4 N–H and O–H groups in total. The van der Waals surface area contributed by atoms with Crippen molar-refractivity contribution in [1.82, 2.24) is 0 Å². The number of hydrogen-bond donors (Lipinski definition) is 4. The number of aliphatic hydroxyl groups excluding tert-OH is 1. The fourth-order valence-corrected chi connectivity index (χ4v) is 7.53. The van der Waals surface area contributed by atoms with Crippen LogP contribution in [0.5, 0.6) is 0 Å². The van der Waals surface area contributed by atoms with E-state index in [9.17, 15) is 29.2 Å². The molecule has 0 spiro atoms. The Labute approximate surface area is 196 Å². The number of rotatable bonds is 4. The average Bonchev–Trinajstić information content (AvgIpc) is 2.74. The second-order valence-electron chi connectivity index (χ2n) is 10.7. The van der Waals surface area contributed by atoms with E-state index in [0.717, 1.165) is 0 Å². The summed E-state index contributed by atoms with van der Waals surface area (Å²) in [5.74, 6) is -4.72. The van der Waals surface area contributed by atoms with Gasteiger partial charge in [-0.3, -0.25) is 18.9 Å². The zero-order valence-electron chi connectivity index (χ0n) is 19.2. The number of carbonyl (C=O) groups excluding carboxylic acids is 3. The summed E-state index contributed by atoms with van der Waals surface area (Å²) >= 11 is 0. The fourth-order valence-electron chi connectivity index (χ4n) is 7.24. The minimum absolute atomic E-state index is 0.172. The van der Waals surface area contributed by atoms with Crippen LogP contribution >= 0.6 is 7.82 Å². The Balaban J connectivity index is 1.80. The summed E-state index contributed by atoms with van der Waals surface area (Å²) in [6.07, 6.45) is 2.81. The summed E-state index contributed by atoms with van der Waals surface area (Å²) in [7, 11) is -5.07. The number of fused-ring (bicyclic) bond motifs is 5. The van der Waals surface area contributed by atoms with Crippen LogP contribution in [-0.4, -0.2) is 61.3 Å². The number of carbonyl (C=O) groups is 3. The van der Waals surface area contributed by atoms with E-state index in [2.05, 4.69) is 4.52 Å². The van der Waals surface area contributed by atoms with Crippen LogP contribution in [-0.2, 0) is 23.5 Å². The summed E-state index contributed by atoms with van der Waals surface area (Å²) in [4.78, 5) is 56.2. The molecule has 0 aromatic heterocycles. The Hall–Kier alpha value is -1.55. The number of halogens is 1. The summed E-state index contributed by atoms with van der Waals surface area (Å²) in [6, 6.07) is 0. The number of phosphoric ester groups is 1. The molecular formula is C23H30FO9P. The van der Waals surface area contributed by atoms with Crippen molar-refractivity contribution >= 4 is 25.2 Å². The van der Waals surface area contributed by atoms with Crippen molar-refractivity contribution in [2.24, 2.45) is 28.6 Å². The van der Waals surface area contributed by atoms with Gasteiger partial charge in [-0.2, -0.15) is 0 Å². The number of alkyl halides is 1. The van der Waals surface area contributed by atoms with E-state index in [1.165, 1.54) is 32.1 Å². The molecule has 4 aliphatic carbocycles. The van der Waals surface area contributed by atoms with Gasteiger partial charge in [0.05, 0.1) is 6.10 Å². The lowest BCUT2D eigenvalue weighted by Gasteiger charge is -2.66. The Bertz CT molecular complexity index is 1060.